The second kappa shape index (κ2) is 4.44. The third kappa shape index (κ3) is 2.05. The van der Waals surface area contributed by atoms with E-state index in [1.54, 1.807) is 19.2 Å². The van der Waals surface area contributed by atoms with E-state index in [0.717, 1.165) is 5.56 Å². The largest absolute Gasteiger partial charge is 0.495 e. The Morgan fingerprint density at radius 2 is 2.21 bits per heavy atom. The molecule has 14 heavy (non-hydrogen) atoms. The van der Waals surface area contributed by atoms with Gasteiger partial charge in [-0.05, 0) is 24.6 Å². The molecule has 2 N–H and O–H groups in total. The monoisotopic (exact) mass is 213 g/mol. The van der Waals surface area contributed by atoms with E-state index in [9.17, 15) is 4.79 Å². The van der Waals surface area contributed by atoms with E-state index in [-0.39, 0.29) is 12.3 Å². The Kier molecular flexibility index (Phi) is 3.49. The second-order valence-corrected chi connectivity index (χ2v) is 3.34. The van der Waals surface area contributed by atoms with Gasteiger partial charge < -0.3 is 10.5 Å². The van der Waals surface area contributed by atoms with Gasteiger partial charge in [0.2, 0.25) is 0 Å². The number of carbonyl (C=O) groups is 1. The first-order chi connectivity index (χ1) is 6.60. The van der Waals surface area contributed by atoms with Crippen LogP contribution in [0.5, 0.6) is 5.75 Å². The zero-order valence-corrected chi connectivity index (χ0v) is 8.89. The summed E-state index contributed by atoms with van der Waals surface area (Å²) >= 11 is 5.92. The number of aryl methyl sites for hydroxylation is 1. The van der Waals surface area contributed by atoms with Gasteiger partial charge in [0.05, 0.1) is 18.7 Å². The van der Waals surface area contributed by atoms with E-state index in [4.69, 9.17) is 22.1 Å². The third-order valence-corrected chi connectivity index (χ3v) is 2.22. The Bertz CT molecular complexity index is 340. The lowest BCUT2D eigenvalue weighted by Gasteiger charge is -2.08. The maximum atomic E-state index is 11.3. The molecule has 4 heteroatoms. The Morgan fingerprint density at radius 3 is 2.64 bits per heavy atom. The van der Waals surface area contributed by atoms with Crippen molar-refractivity contribution < 1.29 is 9.53 Å². The van der Waals surface area contributed by atoms with Gasteiger partial charge in [-0.1, -0.05) is 11.6 Å². The topological polar surface area (TPSA) is 52.3 Å². The third-order valence-electron chi connectivity index (χ3n) is 1.94. The molecule has 0 aliphatic carbocycles. The van der Waals surface area contributed by atoms with Gasteiger partial charge in [-0.25, -0.2) is 0 Å². The summed E-state index contributed by atoms with van der Waals surface area (Å²) in [6, 6.07) is 3.29. The summed E-state index contributed by atoms with van der Waals surface area (Å²) in [5, 5.41) is 0.435. The smallest absolute Gasteiger partial charge is 0.176 e. The molecular weight excluding hydrogens is 202 g/mol. The Morgan fingerprint density at radius 1 is 1.57 bits per heavy atom. The predicted octanol–water partition coefficient (Wildman–Crippen LogP) is 1.80. The molecule has 0 bridgehead atoms. The fourth-order valence-electron chi connectivity index (χ4n) is 1.27. The van der Waals surface area contributed by atoms with Crippen LogP contribution in [-0.4, -0.2) is 19.4 Å². The second-order valence-electron chi connectivity index (χ2n) is 2.94. The van der Waals surface area contributed by atoms with Crippen molar-refractivity contribution in [3.8, 4) is 5.75 Å². The summed E-state index contributed by atoms with van der Waals surface area (Å²) in [5.74, 6) is 0.470. The zero-order valence-electron chi connectivity index (χ0n) is 8.13. The first-order valence-electron chi connectivity index (χ1n) is 4.17. The lowest BCUT2D eigenvalue weighted by atomic mass is 10.1. The van der Waals surface area contributed by atoms with E-state index in [0.29, 0.717) is 16.3 Å². The van der Waals surface area contributed by atoms with Crippen LogP contribution >= 0.6 is 11.6 Å². The molecule has 1 rings (SSSR count). The minimum Gasteiger partial charge on any atom is -0.495 e. The molecule has 0 saturated carbocycles. The Hall–Kier alpha value is -1.06. The highest BCUT2D eigenvalue weighted by molar-refractivity contribution is 6.32. The average molecular weight is 214 g/mol. The van der Waals surface area contributed by atoms with Crippen molar-refractivity contribution in [3.63, 3.8) is 0 Å². The number of hydrogen-bond donors (Lipinski definition) is 1. The molecule has 1 aromatic carbocycles. The lowest BCUT2D eigenvalue weighted by molar-refractivity contribution is 0.100. The van der Waals surface area contributed by atoms with Gasteiger partial charge in [0.1, 0.15) is 5.75 Å². The van der Waals surface area contributed by atoms with Gasteiger partial charge in [-0.15, -0.1) is 0 Å². The molecule has 0 aliphatic heterocycles. The van der Waals surface area contributed by atoms with Crippen LogP contribution < -0.4 is 10.5 Å². The number of ether oxygens (including phenoxy) is 1. The number of benzene rings is 1. The first kappa shape index (κ1) is 11.0. The molecule has 0 heterocycles. The maximum Gasteiger partial charge on any atom is 0.176 e. The molecule has 76 valence electrons. The highest BCUT2D eigenvalue weighted by Crippen LogP contribution is 2.29. The molecule has 1 aromatic rings. The summed E-state index contributed by atoms with van der Waals surface area (Å²) in [7, 11) is 1.54. The van der Waals surface area contributed by atoms with Gasteiger partial charge in [0, 0.05) is 5.56 Å². The van der Waals surface area contributed by atoms with Crippen LogP contribution in [0.1, 0.15) is 15.9 Å². The van der Waals surface area contributed by atoms with E-state index in [1.165, 1.54) is 0 Å². The summed E-state index contributed by atoms with van der Waals surface area (Å²) in [6.45, 7) is 1.82. The van der Waals surface area contributed by atoms with Crippen LogP contribution in [-0.2, 0) is 0 Å². The molecule has 0 amide bonds. The highest BCUT2D eigenvalue weighted by atomic mass is 35.5. The average Bonchev–Trinajstić information content (AvgIpc) is 2.16. The van der Waals surface area contributed by atoms with E-state index in [1.807, 2.05) is 6.92 Å². The molecule has 0 atom stereocenters. The minimum atomic E-state index is -0.127. The van der Waals surface area contributed by atoms with Crippen LogP contribution in [0.2, 0.25) is 5.02 Å². The number of rotatable bonds is 3. The van der Waals surface area contributed by atoms with Crippen molar-refractivity contribution >= 4 is 17.4 Å². The first-order valence-corrected chi connectivity index (χ1v) is 4.55. The summed E-state index contributed by atoms with van der Waals surface area (Å²) in [5.41, 5.74) is 6.61. The van der Waals surface area contributed by atoms with Gasteiger partial charge in [-0.3, -0.25) is 4.79 Å². The summed E-state index contributed by atoms with van der Waals surface area (Å²) < 4.78 is 5.07. The number of halogens is 1. The number of nitrogens with two attached hydrogens (primary N) is 1. The summed E-state index contributed by atoms with van der Waals surface area (Å²) in [4.78, 5) is 11.3. The van der Waals surface area contributed by atoms with E-state index < -0.39 is 0 Å². The maximum absolute atomic E-state index is 11.3. The van der Waals surface area contributed by atoms with Crippen molar-refractivity contribution in [3.05, 3.63) is 28.3 Å². The van der Waals surface area contributed by atoms with Crippen molar-refractivity contribution in [1.29, 1.82) is 0 Å². The van der Waals surface area contributed by atoms with Crippen LogP contribution in [0.3, 0.4) is 0 Å². The van der Waals surface area contributed by atoms with Crippen LogP contribution in [0, 0.1) is 6.92 Å². The van der Waals surface area contributed by atoms with Crippen LogP contribution in [0.25, 0.3) is 0 Å². The van der Waals surface area contributed by atoms with Gasteiger partial charge >= 0.3 is 0 Å². The minimum absolute atomic E-state index is 0.0118. The van der Waals surface area contributed by atoms with Gasteiger partial charge in [0.25, 0.3) is 0 Å². The molecule has 0 radical (unpaired) electrons. The molecule has 0 unspecified atom stereocenters. The van der Waals surface area contributed by atoms with Crippen molar-refractivity contribution in [1.82, 2.24) is 0 Å². The molecule has 0 fully saturated rings. The number of ketones is 1. The zero-order chi connectivity index (χ0) is 10.7. The van der Waals surface area contributed by atoms with E-state index in [2.05, 4.69) is 0 Å². The molecular formula is C10H12ClNO2. The number of Topliss-reactive ketones (excluding diaryl/α,β-unsaturated/α-hetero) is 1. The molecule has 0 spiro atoms. The fraction of sp³-hybridized carbons (Fsp3) is 0.300. The molecule has 3 nitrogen and oxygen atoms in total. The molecule has 0 saturated heterocycles. The van der Waals surface area contributed by atoms with Crippen molar-refractivity contribution in [2.24, 2.45) is 5.73 Å². The fourth-order valence-corrected chi connectivity index (χ4v) is 1.61. The number of methoxy groups -OCH3 is 1. The lowest BCUT2D eigenvalue weighted by Crippen LogP contribution is -2.13. The molecule has 0 aromatic heterocycles. The van der Waals surface area contributed by atoms with Crippen LogP contribution in [0.15, 0.2) is 12.1 Å². The standard InChI is InChI=1S/C10H12ClNO2/c1-6-3-7(9(13)5-12)4-8(11)10(6)14-2/h3-4H,5,12H2,1-2H3. The van der Waals surface area contributed by atoms with Crippen LogP contribution in [0.4, 0.5) is 0 Å². The quantitative estimate of drug-likeness (QED) is 0.779. The molecule has 0 aliphatic rings. The predicted molar refractivity (Wildman–Crippen MR) is 56.1 cm³/mol. The van der Waals surface area contributed by atoms with E-state index >= 15 is 0 Å². The highest BCUT2D eigenvalue weighted by Gasteiger charge is 2.10. The van der Waals surface area contributed by atoms with Gasteiger partial charge in [0.15, 0.2) is 5.78 Å². The summed E-state index contributed by atoms with van der Waals surface area (Å²) in [6.07, 6.45) is 0. The number of hydrogen-bond acceptors (Lipinski definition) is 3. The SMILES string of the molecule is COc1c(C)cc(C(=O)CN)cc1Cl. The Balaban J connectivity index is 3.20. The number of carbonyl (C=O) groups excluding carboxylic acids is 1. The van der Waals surface area contributed by atoms with Gasteiger partial charge in [-0.2, -0.15) is 0 Å². The normalized spacial score (nSPS) is 10.0. The van der Waals surface area contributed by atoms with Crippen molar-refractivity contribution in [2.75, 3.05) is 13.7 Å². The Labute approximate surface area is 87.8 Å². The van der Waals surface area contributed by atoms with Crippen molar-refractivity contribution in [2.45, 2.75) is 6.92 Å².